The molecule has 0 bridgehead atoms. The van der Waals surface area contributed by atoms with Crippen molar-refractivity contribution in [2.24, 2.45) is 0 Å². The van der Waals surface area contributed by atoms with Gasteiger partial charge in [-0.15, -0.1) is 0 Å². The van der Waals surface area contributed by atoms with Crippen molar-refractivity contribution in [1.29, 1.82) is 0 Å². The second kappa shape index (κ2) is 8.47. The van der Waals surface area contributed by atoms with Crippen molar-refractivity contribution in [1.82, 2.24) is 14.5 Å². The van der Waals surface area contributed by atoms with Crippen molar-refractivity contribution in [2.75, 3.05) is 25.0 Å². The quantitative estimate of drug-likeness (QED) is 0.672. The lowest BCUT2D eigenvalue weighted by Crippen LogP contribution is -2.33. The fraction of sp³-hybridized carbons (Fsp3) is 0.348. The van der Waals surface area contributed by atoms with Crippen LogP contribution in [-0.4, -0.2) is 40.5 Å². The summed E-state index contributed by atoms with van der Waals surface area (Å²) >= 11 is 0. The number of anilines is 1. The van der Waals surface area contributed by atoms with Crippen LogP contribution in [0.1, 0.15) is 24.8 Å². The molecule has 1 fully saturated rings. The molecular formula is C23H26N4O2. The maximum Gasteiger partial charge on any atom is 0.261 e. The van der Waals surface area contributed by atoms with Gasteiger partial charge in [0.05, 0.1) is 17.2 Å². The van der Waals surface area contributed by atoms with E-state index >= 15 is 0 Å². The number of aromatic nitrogens is 2. The topological polar surface area (TPSA) is 58.4 Å². The number of nitrogens with zero attached hydrogens (tertiary/aromatic N) is 4. The summed E-state index contributed by atoms with van der Waals surface area (Å²) < 4.78 is 1.38. The number of benzene rings is 2. The molecule has 1 amide bonds. The molecule has 2 aromatic carbocycles. The third-order valence-electron chi connectivity index (χ3n) is 5.54. The van der Waals surface area contributed by atoms with Gasteiger partial charge in [0.25, 0.3) is 5.56 Å². The Morgan fingerprint density at radius 2 is 1.76 bits per heavy atom. The first-order chi connectivity index (χ1) is 14.1. The minimum absolute atomic E-state index is 0.0149. The summed E-state index contributed by atoms with van der Waals surface area (Å²) in [5.74, 6) is -0.121. The second-order valence-corrected chi connectivity index (χ2v) is 7.66. The number of hydrogen-bond donors (Lipinski definition) is 0. The fourth-order valence-corrected chi connectivity index (χ4v) is 3.81. The highest BCUT2D eigenvalue weighted by atomic mass is 16.2. The lowest BCUT2D eigenvalue weighted by atomic mass is 10.1. The average molecular weight is 390 g/mol. The van der Waals surface area contributed by atoms with Crippen molar-refractivity contribution in [3.63, 3.8) is 0 Å². The van der Waals surface area contributed by atoms with Gasteiger partial charge in [0.15, 0.2) is 0 Å². The van der Waals surface area contributed by atoms with E-state index in [1.54, 1.807) is 30.1 Å². The van der Waals surface area contributed by atoms with E-state index in [0.29, 0.717) is 17.4 Å². The number of hydrogen-bond acceptors (Lipinski definition) is 4. The second-order valence-electron chi connectivity index (χ2n) is 7.66. The van der Waals surface area contributed by atoms with Crippen LogP contribution >= 0.6 is 0 Å². The van der Waals surface area contributed by atoms with Crippen LogP contribution in [0.4, 0.5) is 5.69 Å². The fourth-order valence-electron chi connectivity index (χ4n) is 3.81. The molecule has 0 N–H and O–H groups in total. The number of rotatable bonds is 5. The van der Waals surface area contributed by atoms with E-state index in [0.717, 1.165) is 18.7 Å². The van der Waals surface area contributed by atoms with Gasteiger partial charge in [-0.25, -0.2) is 4.98 Å². The van der Waals surface area contributed by atoms with Crippen LogP contribution in [0.15, 0.2) is 59.7 Å². The van der Waals surface area contributed by atoms with Gasteiger partial charge in [-0.05, 0) is 49.1 Å². The largest absolute Gasteiger partial charge is 0.372 e. The molecule has 6 nitrogen and oxygen atoms in total. The Morgan fingerprint density at radius 3 is 2.52 bits per heavy atom. The number of fused-ring (bicyclic) bond motifs is 1. The van der Waals surface area contributed by atoms with Crippen LogP contribution in [0.5, 0.6) is 0 Å². The molecule has 4 rings (SSSR count). The van der Waals surface area contributed by atoms with Crippen LogP contribution in [-0.2, 0) is 17.9 Å². The molecule has 1 aliphatic rings. The van der Waals surface area contributed by atoms with E-state index in [9.17, 15) is 9.59 Å². The van der Waals surface area contributed by atoms with E-state index in [1.165, 1.54) is 35.8 Å². The number of piperidine rings is 1. The third-order valence-corrected chi connectivity index (χ3v) is 5.54. The van der Waals surface area contributed by atoms with Crippen LogP contribution < -0.4 is 10.5 Å². The molecule has 0 saturated carbocycles. The predicted molar refractivity (Wildman–Crippen MR) is 115 cm³/mol. The summed E-state index contributed by atoms with van der Waals surface area (Å²) in [6, 6.07) is 15.6. The van der Waals surface area contributed by atoms with Crippen molar-refractivity contribution < 1.29 is 4.79 Å². The predicted octanol–water partition coefficient (Wildman–Crippen LogP) is 3.05. The van der Waals surface area contributed by atoms with Crippen LogP contribution in [0, 0.1) is 0 Å². The molecular weight excluding hydrogens is 364 g/mol. The summed E-state index contributed by atoms with van der Waals surface area (Å²) in [5, 5.41) is 0.527. The summed E-state index contributed by atoms with van der Waals surface area (Å²) in [6.45, 7) is 2.73. The Kier molecular flexibility index (Phi) is 5.60. The molecule has 1 aromatic heterocycles. The molecule has 0 spiro atoms. The number of likely N-dealkylation sites (N-methyl/N-ethyl adjacent to an activating group) is 1. The Morgan fingerprint density at radius 1 is 1.03 bits per heavy atom. The van der Waals surface area contributed by atoms with Crippen LogP contribution in [0.25, 0.3) is 10.9 Å². The monoisotopic (exact) mass is 390 g/mol. The third kappa shape index (κ3) is 4.31. The normalized spacial score (nSPS) is 14.2. The highest BCUT2D eigenvalue weighted by molar-refractivity contribution is 5.78. The summed E-state index contributed by atoms with van der Waals surface area (Å²) in [4.78, 5) is 33.6. The van der Waals surface area contributed by atoms with Gasteiger partial charge in [0, 0.05) is 32.4 Å². The van der Waals surface area contributed by atoms with Gasteiger partial charge in [-0.3, -0.25) is 14.2 Å². The summed E-state index contributed by atoms with van der Waals surface area (Å²) in [6.07, 6.45) is 5.27. The minimum atomic E-state index is -0.191. The van der Waals surface area contributed by atoms with Crippen LogP contribution in [0.2, 0.25) is 0 Å². The zero-order valence-corrected chi connectivity index (χ0v) is 16.8. The van der Waals surface area contributed by atoms with E-state index in [4.69, 9.17) is 0 Å². The number of carbonyl (C=O) groups excluding carboxylic acids is 1. The lowest BCUT2D eigenvalue weighted by Gasteiger charge is -2.29. The molecule has 1 saturated heterocycles. The van der Waals surface area contributed by atoms with Crippen molar-refractivity contribution in [3.8, 4) is 0 Å². The first kappa shape index (κ1) is 19.2. The summed E-state index contributed by atoms with van der Waals surface area (Å²) in [7, 11) is 1.76. The van der Waals surface area contributed by atoms with Crippen molar-refractivity contribution >= 4 is 22.5 Å². The van der Waals surface area contributed by atoms with Gasteiger partial charge in [-0.1, -0.05) is 24.3 Å². The Bertz CT molecular complexity index is 1050. The highest BCUT2D eigenvalue weighted by Gasteiger charge is 2.14. The van der Waals surface area contributed by atoms with Gasteiger partial charge < -0.3 is 9.80 Å². The maximum atomic E-state index is 12.6. The van der Waals surface area contributed by atoms with Gasteiger partial charge >= 0.3 is 0 Å². The zero-order chi connectivity index (χ0) is 20.2. The molecule has 2 heterocycles. The van der Waals surface area contributed by atoms with E-state index in [-0.39, 0.29) is 18.0 Å². The lowest BCUT2D eigenvalue weighted by molar-refractivity contribution is -0.131. The maximum absolute atomic E-state index is 12.6. The van der Waals surface area contributed by atoms with E-state index in [2.05, 4.69) is 34.1 Å². The SMILES string of the molecule is CN(Cc1ccc(N2CCCCC2)cc1)C(=O)Cn1cnc2ccccc2c1=O. The van der Waals surface area contributed by atoms with E-state index < -0.39 is 0 Å². The zero-order valence-electron chi connectivity index (χ0n) is 16.8. The van der Waals surface area contributed by atoms with E-state index in [1.807, 2.05) is 6.07 Å². The molecule has 0 radical (unpaired) electrons. The molecule has 6 heteroatoms. The highest BCUT2D eigenvalue weighted by Crippen LogP contribution is 2.20. The van der Waals surface area contributed by atoms with Crippen molar-refractivity contribution in [3.05, 3.63) is 70.8 Å². The molecule has 0 aliphatic carbocycles. The molecule has 3 aromatic rings. The van der Waals surface area contributed by atoms with Gasteiger partial charge in [0.1, 0.15) is 6.54 Å². The molecule has 0 unspecified atom stereocenters. The Hall–Kier alpha value is -3.15. The molecule has 150 valence electrons. The van der Waals surface area contributed by atoms with Gasteiger partial charge in [0.2, 0.25) is 5.91 Å². The van der Waals surface area contributed by atoms with Gasteiger partial charge in [-0.2, -0.15) is 0 Å². The Labute approximate surface area is 170 Å². The first-order valence-electron chi connectivity index (χ1n) is 10.1. The molecule has 29 heavy (non-hydrogen) atoms. The van der Waals surface area contributed by atoms with Crippen molar-refractivity contribution in [2.45, 2.75) is 32.4 Å². The first-order valence-corrected chi connectivity index (χ1v) is 10.1. The minimum Gasteiger partial charge on any atom is -0.372 e. The Balaban J connectivity index is 1.41. The standard InChI is InChI=1S/C23H26N4O2/c1-25(15-18-9-11-19(12-10-18)26-13-5-2-6-14-26)22(28)16-27-17-24-21-8-4-3-7-20(21)23(27)29/h3-4,7-12,17H,2,5-6,13-16H2,1H3. The number of carbonyl (C=O) groups is 1. The number of para-hydroxylation sites is 1. The number of amides is 1. The smallest absolute Gasteiger partial charge is 0.261 e. The molecule has 1 aliphatic heterocycles. The summed E-state index contributed by atoms with van der Waals surface area (Å²) in [5.41, 5.74) is 2.77. The van der Waals surface area contributed by atoms with Crippen LogP contribution in [0.3, 0.4) is 0 Å². The molecule has 0 atom stereocenters. The average Bonchev–Trinajstić information content (AvgIpc) is 2.77.